The summed E-state index contributed by atoms with van der Waals surface area (Å²) in [6, 6.07) is 0. The zero-order chi connectivity index (χ0) is 6.99. The van der Waals surface area contributed by atoms with Crippen LogP contribution in [0.1, 0.15) is 19.8 Å². The van der Waals surface area contributed by atoms with E-state index in [0.717, 1.165) is 6.42 Å². The number of halogens is 1. The van der Waals surface area contributed by atoms with Crippen molar-refractivity contribution in [2.45, 2.75) is 19.8 Å². The lowest BCUT2D eigenvalue weighted by atomic mass is 10.4. The molecule has 0 unspecified atom stereocenters. The van der Waals surface area contributed by atoms with E-state index < -0.39 is 5.97 Å². The van der Waals surface area contributed by atoms with Crippen molar-refractivity contribution in [3.63, 3.8) is 0 Å². The quantitative estimate of drug-likeness (QED) is 0.561. The molecule has 0 amide bonds. The third kappa shape index (κ3) is 17.2. The van der Waals surface area contributed by atoms with Gasteiger partial charge in [-0.3, -0.25) is 4.79 Å². The third-order valence-electron chi connectivity index (χ3n) is 0.464. The minimum atomic E-state index is -0.711. The third-order valence-corrected chi connectivity index (χ3v) is 0.464. The maximum Gasteiger partial charge on any atom is 0.303 e. The summed E-state index contributed by atoms with van der Waals surface area (Å²) in [4.78, 5) is 9.60. The first-order valence-electron chi connectivity index (χ1n) is 2.21. The van der Waals surface area contributed by atoms with Gasteiger partial charge in [-0.25, -0.2) is 5.25 Å². The van der Waals surface area contributed by atoms with Crippen LogP contribution in [0, 0.1) is 0 Å². The molecule has 0 heterocycles. The van der Waals surface area contributed by atoms with Crippen LogP contribution in [0.4, 0.5) is 0 Å². The average molecular weight is 140 g/mol. The van der Waals surface area contributed by atoms with E-state index >= 15 is 0 Å². The van der Waals surface area contributed by atoms with Crippen molar-refractivity contribution < 1.29 is 9.90 Å². The van der Waals surface area contributed by atoms with Crippen molar-refractivity contribution in [3.8, 4) is 0 Å². The minimum absolute atomic E-state index is 0.292. The molecule has 50 valence electrons. The molecule has 0 aliphatic rings. The van der Waals surface area contributed by atoms with E-state index in [2.05, 4.69) is 17.0 Å². The first-order valence-corrected chi connectivity index (χ1v) is 2.64. The Morgan fingerprint density at radius 1 is 1.75 bits per heavy atom. The van der Waals surface area contributed by atoms with Crippen LogP contribution >= 0.6 is 11.8 Å². The molecule has 0 saturated carbocycles. The van der Waals surface area contributed by atoms with E-state index in [1.54, 1.807) is 0 Å². The minimum Gasteiger partial charge on any atom is -0.481 e. The van der Waals surface area contributed by atoms with Crippen molar-refractivity contribution in [1.82, 2.24) is 0 Å². The molecule has 0 saturated heterocycles. The van der Waals surface area contributed by atoms with E-state index in [1.165, 1.54) is 0 Å². The lowest BCUT2D eigenvalue weighted by molar-refractivity contribution is -0.137. The Morgan fingerprint density at radius 2 is 2.12 bits per heavy atom. The van der Waals surface area contributed by atoms with Crippen LogP contribution in [-0.4, -0.2) is 11.1 Å². The smallest absolute Gasteiger partial charge is 0.303 e. The normalized spacial score (nSPS) is 6.88. The van der Waals surface area contributed by atoms with E-state index in [9.17, 15) is 4.79 Å². The van der Waals surface area contributed by atoms with Crippen molar-refractivity contribution in [2.24, 2.45) is 5.25 Å². The van der Waals surface area contributed by atoms with Crippen LogP contribution in [0.3, 0.4) is 0 Å². The lowest BCUT2D eigenvalue weighted by Crippen LogP contribution is -1.90. The molecule has 3 nitrogen and oxygen atoms in total. The van der Waals surface area contributed by atoms with E-state index in [0.29, 0.717) is 6.42 Å². The van der Waals surface area contributed by atoms with Crippen molar-refractivity contribution in [3.05, 3.63) is 0 Å². The van der Waals surface area contributed by atoms with Gasteiger partial charge < -0.3 is 5.11 Å². The highest BCUT2D eigenvalue weighted by Gasteiger charge is 1.87. The summed E-state index contributed by atoms with van der Waals surface area (Å²) in [6.45, 7) is 1.84. The standard InChI is InChI=1S/C4H8O2.ClH2N/c1-2-3-4(5)6;1-2/h2-3H2,1H3,(H,5,6);2H2. The molecular formula is C4H10ClNO2. The van der Waals surface area contributed by atoms with Gasteiger partial charge in [0.1, 0.15) is 0 Å². The zero-order valence-electron chi connectivity index (χ0n) is 4.72. The van der Waals surface area contributed by atoms with Crippen molar-refractivity contribution >= 4 is 17.7 Å². The number of hydrogen-bond donors (Lipinski definition) is 2. The number of nitrogens with two attached hydrogens (primary N) is 1. The Balaban J connectivity index is 0. The van der Waals surface area contributed by atoms with Crippen LogP contribution in [0.5, 0.6) is 0 Å². The monoisotopic (exact) mass is 139 g/mol. The number of carboxylic acids is 1. The topological polar surface area (TPSA) is 63.3 Å². The van der Waals surface area contributed by atoms with Crippen LogP contribution in [0.25, 0.3) is 0 Å². The highest BCUT2D eigenvalue weighted by Crippen LogP contribution is 1.82. The van der Waals surface area contributed by atoms with Gasteiger partial charge in [0.15, 0.2) is 0 Å². The number of carbonyl (C=O) groups is 1. The molecule has 3 N–H and O–H groups in total. The lowest BCUT2D eigenvalue weighted by Gasteiger charge is -1.79. The molecule has 0 aromatic heterocycles. The van der Waals surface area contributed by atoms with Gasteiger partial charge in [0.2, 0.25) is 0 Å². The molecule has 8 heavy (non-hydrogen) atoms. The second-order valence-electron chi connectivity index (χ2n) is 1.14. The molecule has 0 spiro atoms. The molecule has 4 heteroatoms. The zero-order valence-corrected chi connectivity index (χ0v) is 5.48. The van der Waals surface area contributed by atoms with Gasteiger partial charge in [-0.05, 0) is 18.2 Å². The molecular weight excluding hydrogens is 130 g/mol. The fraction of sp³-hybridized carbons (Fsp3) is 0.750. The first kappa shape index (κ1) is 10.7. The van der Waals surface area contributed by atoms with Gasteiger partial charge in [-0.15, -0.1) is 0 Å². The predicted octanol–water partition coefficient (Wildman–Crippen LogP) is 0.970. The molecule has 0 aromatic carbocycles. The molecule has 0 radical (unpaired) electrons. The summed E-state index contributed by atoms with van der Waals surface area (Å²) in [6.07, 6.45) is 1.02. The second kappa shape index (κ2) is 9.87. The number of hydrogen-bond acceptors (Lipinski definition) is 2. The summed E-state index contributed by atoms with van der Waals surface area (Å²) in [5.74, 6) is -0.711. The van der Waals surface area contributed by atoms with Gasteiger partial charge >= 0.3 is 5.97 Å². The Hall–Kier alpha value is -0.280. The summed E-state index contributed by atoms with van der Waals surface area (Å²) >= 11 is 4.14. The number of carboxylic acid groups (broad SMARTS) is 1. The van der Waals surface area contributed by atoms with E-state index in [-0.39, 0.29) is 0 Å². The average Bonchev–Trinajstić information content (AvgIpc) is 1.72. The van der Waals surface area contributed by atoms with E-state index in [1.807, 2.05) is 6.92 Å². The van der Waals surface area contributed by atoms with Crippen molar-refractivity contribution in [2.75, 3.05) is 0 Å². The van der Waals surface area contributed by atoms with Crippen LogP contribution in [-0.2, 0) is 4.79 Å². The Labute approximate surface area is 53.6 Å². The van der Waals surface area contributed by atoms with Gasteiger partial charge in [0.25, 0.3) is 0 Å². The fourth-order valence-corrected chi connectivity index (χ4v) is 0.214. The molecule has 0 bridgehead atoms. The Bertz CT molecular complexity index is 58.0. The van der Waals surface area contributed by atoms with Crippen LogP contribution in [0.2, 0.25) is 0 Å². The van der Waals surface area contributed by atoms with Gasteiger partial charge in [-0.2, -0.15) is 0 Å². The van der Waals surface area contributed by atoms with E-state index in [4.69, 9.17) is 5.11 Å². The molecule has 0 atom stereocenters. The highest BCUT2D eigenvalue weighted by molar-refractivity contribution is 6.11. The molecule has 0 fully saturated rings. The van der Waals surface area contributed by atoms with Gasteiger partial charge in [0.05, 0.1) is 0 Å². The molecule has 0 aromatic rings. The first-order chi connectivity index (χ1) is 3.77. The predicted molar refractivity (Wildman–Crippen MR) is 32.6 cm³/mol. The highest BCUT2D eigenvalue weighted by atomic mass is 35.5. The Morgan fingerprint density at radius 3 is 2.12 bits per heavy atom. The van der Waals surface area contributed by atoms with Gasteiger partial charge in [0, 0.05) is 6.42 Å². The van der Waals surface area contributed by atoms with Crippen LogP contribution < -0.4 is 5.25 Å². The molecule has 0 rings (SSSR count). The SMILES string of the molecule is CCCC(=O)O.NCl. The number of rotatable bonds is 2. The largest absolute Gasteiger partial charge is 0.481 e. The maximum absolute atomic E-state index is 9.60. The summed E-state index contributed by atoms with van der Waals surface area (Å²) in [7, 11) is 0. The summed E-state index contributed by atoms with van der Waals surface area (Å²) < 4.78 is 0. The van der Waals surface area contributed by atoms with Crippen LogP contribution in [0.15, 0.2) is 0 Å². The Kier molecular flexibility index (Phi) is 13.1. The maximum atomic E-state index is 9.60. The van der Waals surface area contributed by atoms with Crippen molar-refractivity contribution in [1.29, 1.82) is 0 Å². The fourth-order valence-electron chi connectivity index (χ4n) is 0.214. The molecule has 0 aliphatic heterocycles. The number of aliphatic carboxylic acids is 1. The summed E-state index contributed by atoms with van der Waals surface area (Å²) in [5.41, 5.74) is 0. The second-order valence-corrected chi connectivity index (χ2v) is 1.14. The van der Waals surface area contributed by atoms with Gasteiger partial charge in [-0.1, -0.05) is 6.92 Å². The molecule has 0 aliphatic carbocycles. The summed E-state index contributed by atoms with van der Waals surface area (Å²) in [5, 5.41) is 11.9.